The third-order valence-corrected chi connectivity index (χ3v) is 5.45. The Morgan fingerprint density at radius 3 is 2.15 bits per heavy atom. The van der Waals surface area contributed by atoms with Crippen LogP contribution >= 0.6 is 0 Å². The Morgan fingerprint density at radius 1 is 1.06 bits per heavy atom. The van der Waals surface area contributed by atoms with Crippen molar-refractivity contribution in [1.82, 2.24) is 5.32 Å². The lowest BCUT2D eigenvalue weighted by atomic mass is 9.93. The first-order chi connectivity index (χ1) is 16.5. The fourth-order valence-corrected chi connectivity index (χ4v) is 3.86. The zero-order valence-corrected chi connectivity index (χ0v) is 19.3. The molecule has 8 nitrogen and oxygen atoms in total. The third-order valence-electron chi connectivity index (χ3n) is 5.45. The molecule has 0 unspecified atom stereocenters. The zero-order valence-electron chi connectivity index (χ0n) is 19.3. The van der Waals surface area contributed by atoms with E-state index in [4.69, 9.17) is 18.9 Å². The van der Waals surface area contributed by atoms with E-state index in [0.29, 0.717) is 0 Å². The van der Waals surface area contributed by atoms with Gasteiger partial charge in [0.05, 0.1) is 26.4 Å². The Hall–Kier alpha value is -2.59. The molecule has 2 aromatic carbocycles. The quantitative estimate of drug-likeness (QED) is 0.321. The number of benzene rings is 2. The number of hydrogen-bond donors (Lipinski definition) is 3. The lowest BCUT2D eigenvalue weighted by Gasteiger charge is -2.46. The van der Waals surface area contributed by atoms with Crippen molar-refractivity contribution in [2.75, 3.05) is 13.2 Å². The standard InChI is InChI=1S/C26H33NO7/c1-3-14-31-17-21(29)23-25(33-16-20-12-8-5-9-13-20)24(22(26(30)34-23)27-18(2)28)32-15-19-10-6-4-7-11-19/h3-13,21-26,29-30H,1,14-17H2,2H3,(H,27,28)/t21-,22-,23-,24-,25-,26-/m1/s1. The van der Waals surface area contributed by atoms with Crippen LogP contribution in [0.5, 0.6) is 0 Å². The fraction of sp³-hybridized carbons (Fsp3) is 0.423. The monoisotopic (exact) mass is 471 g/mol. The van der Waals surface area contributed by atoms with E-state index in [2.05, 4.69) is 11.9 Å². The Morgan fingerprint density at radius 2 is 1.62 bits per heavy atom. The number of carbonyl (C=O) groups is 1. The van der Waals surface area contributed by atoms with Crippen molar-refractivity contribution in [2.24, 2.45) is 0 Å². The Bertz CT molecular complexity index is 879. The molecule has 1 amide bonds. The van der Waals surface area contributed by atoms with E-state index in [-0.39, 0.29) is 32.3 Å². The molecule has 6 atom stereocenters. The van der Waals surface area contributed by atoms with E-state index < -0.39 is 36.7 Å². The number of hydrogen-bond acceptors (Lipinski definition) is 7. The smallest absolute Gasteiger partial charge is 0.217 e. The van der Waals surface area contributed by atoms with E-state index in [1.165, 1.54) is 6.92 Å². The average Bonchev–Trinajstić information content (AvgIpc) is 2.84. The molecule has 1 fully saturated rings. The van der Waals surface area contributed by atoms with E-state index in [9.17, 15) is 15.0 Å². The van der Waals surface area contributed by atoms with E-state index in [1.54, 1.807) is 6.08 Å². The minimum atomic E-state index is -1.42. The van der Waals surface area contributed by atoms with Gasteiger partial charge in [-0.3, -0.25) is 4.79 Å². The number of amides is 1. The van der Waals surface area contributed by atoms with Crippen LogP contribution in [0.3, 0.4) is 0 Å². The number of aliphatic hydroxyl groups excluding tert-OH is 2. The van der Waals surface area contributed by atoms with Crippen molar-refractivity contribution in [3.8, 4) is 0 Å². The molecule has 1 aliphatic heterocycles. The van der Waals surface area contributed by atoms with Gasteiger partial charge in [-0.15, -0.1) is 6.58 Å². The number of rotatable bonds is 12. The highest BCUT2D eigenvalue weighted by molar-refractivity contribution is 5.73. The Kier molecular flexibility index (Phi) is 10.2. The largest absolute Gasteiger partial charge is 0.388 e. The van der Waals surface area contributed by atoms with Crippen molar-refractivity contribution in [3.63, 3.8) is 0 Å². The summed E-state index contributed by atoms with van der Waals surface area (Å²) < 4.78 is 23.6. The van der Waals surface area contributed by atoms with Crippen LogP contribution in [-0.4, -0.2) is 66.1 Å². The number of carbonyl (C=O) groups excluding carboxylic acids is 1. The minimum Gasteiger partial charge on any atom is -0.388 e. The van der Waals surface area contributed by atoms with Crippen molar-refractivity contribution >= 4 is 5.91 Å². The van der Waals surface area contributed by atoms with Gasteiger partial charge in [0.25, 0.3) is 0 Å². The van der Waals surface area contributed by atoms with Gasteiger partial charge in [-0.2, -0.15) is 0 Å². The summed E-state index contributed by atoms with van der Waals surface area (Å²) in [5, 5.41) is 24.3. The summed E-state index contributed by atoms with van der Waals surface area (Å²) in [6.45, 7) is 5.60. The number of nitrogens with one attached hydrogen (secondary N) is 1. The third kappa shape index (κ3) is 7.46. The second-order valence-corrected chi connectivity index (χ2v) is 8.13. The van der Waals surface area contributed by atoms with Gasteiger partial charge < -0.3 is 34.5 Å². The summed E-state index contributed by atoms with van der Waals surface area (Å²) in [7, 11) is 0. The first kappa shape index (κ1) is 26.0. The van der Waals surface area contributed by atoms with Gasteiger partial charge in [-0.05, 0) is 11.1 Å². The van der Waals surface area contributed by atoms with Gasteiger partial charge in [0.2, 0.25) is 5.91 Å². The molecule has 2 aromatic rings. The minimum absolute atomic E-state index is 0.0508. The Labute approximate surface area is 200 Å². The molecule has 184 valence electrons. The first-order valence-electron chi connectivity index (χ1n) is 11.3. The molecule has 3 N–H and O–H groups in total. The van der Waals surface area contributed by atoms with Crippen LogP contribution in [0.4, 0.5) is 0 Å². The van der Waals surface area contributed by atoms with Gasteiger partial charge >= 0.3 is 0 Å². The average molecular weight is 472 g/mol. The van der Waals surface area contributed by atoms with Crippen molar-refractivity contribution in [3.05, 3.63) is 84.4 Å². The van der Waals surface area contributed by atoms with Crippen molar-refractivity contribution < 1.29 is 34.0 Å². The highest BCUT2D eigenvalue weighted by Crippen LogP contribution is 2.29. The molecular formula is C26H33NO7. The molecule has 3 rings (SSSR count). The summed E-state index contributed by atoms with van der Waals surface area (Å²) in [6.07, 6.45) is -3.54. The van der Waals surface area contributed by atoms with Crippen LogP contribution in [0.25, 0.3) is 0 Å². The summed E-state index contributed by atoms with van der Waals surface area (Å²) in [5.41, 5.74) is 1.83. The molecule has 8 heteroatoms. The summed E-state index contributed by atoms with van der Waals surface area (Å²) in [4.78, 5) is 11.9. The predicted molar refractivity (Wildman–Crippen MR) is 126 cm³/mol. The maximum atomic E-state index is 11.9. The highest BCUT2D eigenvalue weighted by Gasteiger charge is 2.49. The molecule has 1 aliphatic rings. The Balaban J connectivity index is 1.86. The zero-order chi connectivity index (χ0) is 24.3. The van der Waals surface area contributed by atoms with Crippen LogP contribution in [0, 0.1) is 0 Å². The maximum Gasteiger partial charge on any atom is 0.217 e. The van der Waals surface area contributed by atoms with Crippen molar-refractivity contribution in [1.29, 1.82) is 0 Å². The van der Waals surface area contributed by atoms with Crippen LogP contribution < -0.4 is 5.32 Å². The van der Waals surface area contributed by atoms with E-state index in [1.807, 2.05) is 60.7 Å². The second-order valence-electron chi connectivity index (χ2n) is 8.13. The van der Waals surface area contributed by atoms with Gasteiger partial charge in [0.1, 0.15) is 30.5 Å². The SMILES string of the molecule is C=CCOC[C@@H](O)[C@H]1O[C@@H](O)[C@H](NC(C)=O)[C@@H](OCc2ccccc2)[C@@H]1OCc1ccccc1. The van der Waals surface area contributed by atoms with Gasteiger partial charge in [-0.25, -0.2) is 0 Å². The molecule has 0 aliphatic carbocycles. The molecule has 0 aromatic heterocycles. The molecule has 0 saturated carbocycles. The molecule has 34 heavy (non-hydrogen) atoms. The second kappa shape index (κ2) is 13.3. The normalized spacial score (nSPS) is 25.4. The summed E-state index contributed by atoms with van der Waals surface area (Å²) in [6, 6.07) is 18.2. The lowest BCUT2D eigenvalue weighted by molar-refractivity contribution is -0.288. The first-order valence-corrected chi connectivity index (χ1v) is 11.3. The molecule has 0 radical (unpaired) electrons. The highest BCUT2D eigenvalue weighted by atomic mass is 16.6. The van der Waals surface area contributed by atoms with Crippen LogP contribution in [0.15, 0.2) is 73.3 Å². The fourth-order valence-electron chi connectivity index (χ4n) is 3.86. The molecule has 1 saturated heterocycles. The molecule has 0 spiro atoms. The van der Waals surface area contributed by atoms with Crippen molar-refractivity contribution in [2.45, 2.75) is 56.9 Å². The molecular weight excluding hydrogens is 438 g/mol. The van der Waals surface area contributed by atoms with Crippen LogP contribution in [-0.2, 0) is 37.0 Å². The van der Waals surface area contributed by atoms with Crippen LogP contribution in [0.1, 0.15) is 18.1 Å². The summed E-state index contributed by atoms with van der Waals surface area (Å²) >= 11 is 0. The van der Waals surface area contributed by atoms with Gasteiger partial charge in [-0.1, -0.05) is 66.7 Å². The predicted octanol–water partition coefficient (Wildman–Crippen LogP) is 1.94. The topological polar surface area (TPSA) is 106 Å². The van der Waals surface area contributed by atoms with Gasteiger partial charge in [0.15, 0.2) is 6.29 Å². The number of ether oxygens (including phenoxy) is 4. The van der Waals surface area contributed by atoms with Crippen LogP contribution in [0.2, 0.25) is 0 Å². The summed E-state index contributed by atoms with van der Waals surface area (Å²) in [5.74, 6) is -0.351. The van der Waals surface area contributed by atoms with Gasteiger partial charge in [0, 0.05) is 6.92 Å². The molecule has 1 heterocycles. The van der Waals surface area contributed by atoms with E-state index >= 15 is 0 Å². The lowest BCUT2D eigenvalue weighted by Crippen LogP contribution is -2.67. The van der Waals surface area contributed by atoms with E-state index in [0.717, 1.165) is 11.1 Å². The number of aliphatic hydroxyl groups is 2. The molecule has 0 bridgehead atoms. The maximum absolute atomic E-state index is 11.9.